The predicted octanol–water partition coefficient (Wildman–Crippen LogP) is 2.75. The minimum atomic E-state index is -0.510. The fourth-order valence-electron chi connectivity index (χ4n) is 2.43. The number of carbonyl (C=O) groups excluding carboxylic acids is 2. The summed E-state index contributed by atoms with van der Waals surface area (Å²) in [5, 5.41) is 22.3. The lowest BCUT2D eigenvalue weighted by Gasteiger charge is -2.12. The van der Waals surface area contributed by atoms with Crippen molar-refractivity contribution >= 4 is 50.9 Å². The molecule has 0 saturated heterocycles. The van der Waals surface area contributed by atoms with Crippen molar-refractivity contribution in [2.24, 2.45) is 11.7 Å². The van der Waals surface area contributed by atoms with Gasteiger partial charge in [0.05, 0.1) is 16.4 Å². The van der Waals surface area contributed by atoms with Gasteiger partial charge in [-0.25, -0.2) is 0 Å². The Bertz CT molecular complexity index is 917. The molecule has 10 nitrogen and oxygen atoms in total. The van der Waals surface area contributed by atoms with Gasteiger partial charge in [-0.1, -0.05) is 25.6 Å². The topological polar surface area (TPSA) is 146 Å². The van der Waals surface area contributed by atoms with Gasteiger partial charge in [-0.15, -0.1) is 10.2 Å². The van der Waals surface area contributed by atoms with E-state index in [9.17, 15) is 19.7 Å². The lowest BCUT2D eigenvalue weighted by atomic mass is 10.2. The van der Waals surface area contributed by atoms with Crippen molar-refractivity contribution in [3.05, 3.63) is 38.6 Å². The zero-order chi connectivity index (χ0) is 21.6. The van der Waals surface area contributed by atoms with Gasteiger partial charge in [0.1, 0.15) is 5.82 Å². The number of hydrogen-bond donors (Lipinski definition) is 2. The van der Waals surface area contributed by atoms with Crippen molar-refractivity contribution < 1.29 is 14.5 Å². The zero-order valence-electron chi connectivity index (χ0n) is 15.9. The number of primary amides is 1. The Labute approximate surface area is 179 Å². The summed E-state index contributed by atoms with van der Waals surface area (Å²) in [6, 6.07) is 4.11. The van der Waals surface area contributed by atoms with Crippen LogP contribution >= 0.6 is 27.7 Å². The average Bonchev–Trinajstić information content (AvgIpc) is 3.00. The van der Waals surface area contributed by atoms with E-state index in [0.29, 0.717) is 40.0 Å². The molecule has 0 atom stereocenters. The van der Waals surface area contributed by atoms with Crippen LogP contribution in [0.15, 0.2) is 27.8 Å². The summed E-state index contributed by atoms with van der Waals surface area (Å²) in [6.07, 6.45) is 0.563. The highest BCUT2D eigenvalue weighted by atomic mass is 79.9. The molecular weight excluding hydrogens is 464 g/mol. The number of rotatable bonds is 10. The number of non-ortho nitro benzene ring substituents is 1. The number of halogens is 1. The maximum absolute atomic E-state index is 12.3. The van der Waals surface area contributed by atoms with Crippen molar-refractivity contribution in [1.29, 1.82) is 0 Å². The lowest BCUT2D eigenvalue weighted by molar-refractivity contribution is -0.384. The van der Waals surface area contributed by atoms with Crippen molar-refractivity contribution in [2.75, 3.05) is 11.1 Å². The largest absolute Gasteiger partial charge is 0.370 e. The number of thioether (sulfide) groups is 1. The minimum absolute atomic E-state index is 0.0745. The van der Waals surface area contributed by atoms with Crippen LogP contribution in [0.4, 0.5) is 11.4 Å². The molecule has 1 heterocycles. The first kappa shape index (κ1) is 22.8. The first-order chi connectivity index (χ1) is 13.7. The van der Waals surface area contributed by atoms with Gasteiger partial charge < -0.3 is 15.6 Å². The third-order valence-electron chi connectivity index (χ3n) is 3.71. The summed E-state index contributed by atoms with van der Waals surface area (Å²) in [5.41, 5.74) is 5.58. The molecule has 1 aromatic carbocycles. The van der Waals surface area contributed by atoms with E-state index in [1.54, 1.807) is 0 Å². The summed E-state index contributed by atoms with van der Waals surface area (Å²) in [4.78, 5) is 33.6. The summed E-state index contributed by atoms with van der Waals surface area (Å²) in [7, 11) is 0. The molecule has 3 N–H and O–H groups in total. The molecule has 0 unspecified atom stereocenters. The Kier molecular flexibility index (Phi) is 8.14. The first-order valence-electron chi connectivity index (χ1n) is 8.74. The number of nitrogens with zero attached hydrogens (tertiary/aromatic N) is 4. The van der Waals surface area contributed by atoms with E-state index in [1.165, 1.54) is 30.0 Å². The number of nitro groups is 1. The quantitative estimate of drug-likeness (QED) is 0.299. The van der Waals surface area contributed by atoms with E-state index >= 15 is 0 Å². The fraction of sp³-hybridized carbons (Fsp3) is 0.412. The molecule has 0 aliphatic heterocycles. The average molecular weight is 485 g/mol. The molecule has 12 heteroatoms. The Morgan fingerprint density at radius 3 is 2.69 bits per heavy atom. The summed E-state index contributed by atoms with van der Waals surface area (Å²) in [6.45, 7) is 4.75. The van der Waals surface area contributed by atoms with Gasteiger partial charge in [0.2, 0.25) is 11.8 Å². The Morgan fingerprint density at radius 1 is 1.38 bits per heavy atom. The molecule has 0 saturated carbocycles. The molecule has 0 aliphatic rings. The Balaban J connectivity index is 2.04. The highest BCUT2D eigenvalue weighted by Crippen LogP contribution is 2.27. The van der Waals surface area contributed by atoms with Crippen molar-refractivity contribution in [3.63, 3.8) is 0 Å². The number of anilines is 1. The van der Waals surface area contributed by atoms with Gasteiger partial charge in [0.25, 0.3) is 5.69 Å². The number of nitrogens with one attached hydrogen (secondary N) is 1. The first-order valence-corrected chi connectivity index (χ1v) is 10.5. The van der Waals surface area contributed by atoms with Gasteiger partial charge in [-0.05, 0) is 27.9 Å². The third-order valence-corrected chi connectivity index (χ3v) is 5.33. The molecule has 0 bridgehead atoms. The van der Waals surface area contributed by atoms with Crippen LogP contribution in [0.5, 0.6) is 0 Å². The normalized spacial score (nSPS) is 10.9. The van der Waals surface area contributed by atoms with E-state index < -0.39 is 10.8 Å². The fourth-order valence-corrected chi connectivity index (χ4v) is 3.66. The van der Waals surface area contributed by atoms with Crippen LogP contribution in [-0.4, -0.2) is 37.3 Å². The van der Waals surface area contributed by atoms with Crippen LogP contribution < -0.4 is 11.1 Å². The molecule has 0 spiro atoms. The highest BCUT2D eigenvalue weighted by Gasteiger charge is 2.17. The molecule has 156 valence electrons. The second kappa shape index (κ2) is 10.3. The predicted molar refractivity (Wildman–Crippen MR) is 113 cm³/mol. The van der Waals surface area contributed by atoms with Gasteiger partial charge in [-0.2, -0.15) is 0 Å². The summed E-state index contributed by atoms with van der Waals surface area (Å²) in [5.74, 6) is 0.352. The number of carbonyl (C=O) groups is 2. The second-order valence-electron chi connectivity index (χ2n) is 6.63. The summed E-state index contributed by atoms with van der Waals surface area (Å²) < 4.78 is 2.31. The van der Waals surface area contributed by atoms with E-state index in [-0.39, 0.29) is 23.8 Å². The van der Waals surface area contributed by atoms with Crippen molar-refractivity contribution in [3.8, 4) is 0 Å². The third kappa shape index (κ3) is 6.82. The van der Waals surface area contributed by atoms with Crippen molar-refractivity contribution in [1.82, 2.24) is 14.8 Å². The Morgan fingerprint density at radius 2 is 2.10 bits per heavy atom. The molecule has 2 amide bonds. The second-order valence-corrected chi connectivity index (χ2v) is 8.42. The molecule has 0 aliphatic carbocycles. The maximum atomic E-state index is 12.3. The summed E-state index contributed by atoms with van der Waals surface area (Å²) >= 11 is 4.44. The van der Waals surface area contributed by atoms with Crippen LogP contribution in [0.3, 0.4) is 0 Å². The molecule has 1 aromatic heterocycles. The minimum Gasteiger partial charge on any atom is -0.370 e. The molecule has 2 aromatic rings. The van der Waals surface area contributed by atoms with Crippen LogP contribution in [0.2, 0.25) is 0 Å². The molecule has 0 radical (unpaired) electrons. The van der Waals surface area contributed by atoms with E-state index in [4.69, 9.17) is 5.73 Å². The van der Waals surface area contributed by atoms with Gasteiger partial charge in [-0.3, -0.25) is 19.7 Å². The van der Waals surface area contributed by atoms with Gasteiger partial charge in [0, 0.05) is 36.0 Å². The van der Waals surface area contributed by atoms with E-state index in [0.717, 1.165) is 0 Å². The number of nitro benzene ring substituents is 1. The SMILES string of the molecule is CC(C)Cn1c(CCC(N)=O)nnc1SCC(=O)Nc1ccc([N+](=O)[O-])cc1Br. The van der Waals surface area contributed by atoms with E-state index in [1.807, 2.05) is 18.4 Å². The number of nitrogens with two attached hydrogens (primary N) is 1. The smallest absolute Gasteiger partial charge is 0.270 e. The molecule has 2 rings (SSSR count). The number of benzene rings is 1. The monoisotopic (exact) mass is 484 g/mol. The van der Waals surface area contributed by atoms with Crippen LogP contribution in [-0.2, 0) is 22.6 Å². The van der Waals surface area contributed by atoms with Crippen LogP contribution in [0.25, 0.3) is 0 Å². The number of hydrogen-bond acceptors (Lipinski definition) is 7. The zero-order valence-corrected chi connectivity index (χ0v) is 18.3. The highest BCUT2D eigenvalue weighted by molar-refractivity contribution is 9.10. The van der Waals surface area contributed by atoms with Crippen LogP contribution in [0.1, 0.15) is 26.1 Å². The Hall–Kier alpha value is -2.47. The number of aromatic nitrogens is 3. The molecular formula is C17H21BrN6O4S. The number of aryl methyl sites for hydroxylation is 1. The van der Waals surface area contributed by atoms with Crippen LogP contribution in [0, 0.1) is 16.0 Å². The number of amides is 2. The van der Waals surface area contributed by atoms with Crippen molar-refractivity contribution in [2.45, 2.75) is 38.4 Å². The lowest BCUT2D eigenvalue weighted by Crippen LogP contribution is -2.17. The van der Waals surface area contributed by atoms with E-state index in [2.05, 4.69) is 31.4 Å². The molecule has 0 fully saturated rings. The van der Waals surface area contributed by atoms with Gasteiger partial charge >= 0.3 is 0 Å². The van der Waals surface area contributed by atoms with Gasteiger partial charge in [0.15, 0.2) is 5.16 Å². The standard InChI is InChI=1S/C17H21BrN6O4S/c1-10(2)8-23-15(6-5-14(19)25)21-22-17(23)29-9-16(26)20-13-4-3-11(24(27)28)7-12(13)18/h3-4,7,10H,5-6,8-9H2,1-2H3,(H2,19,25)(H,20,26). The maximum Gasteiger partial charge on any atom is 0.270 e. The molecule has 29 heavy (non-hydrogen) atoms.